The fourth-order valence-electron chi connectivity index (χ4n) is 1.29. The predicted octanol–water partition coefficient (Wildman–Crippen LogP) is 0.856. The lowest BCUT2D eigenvalue weighted by atomic mass is 10.2. The molecular weight excluding hydrogens is 278 g/mol. The van der Waals surface area contributed by atoms with E-state index in [2.05, 4.69) is 5.32 Å². The van der Waals surface area contributed by atoms with Gasteiger partial charge in [0.1, 0.15) is 0 Å². The Labute approximate surface area is 111 Å². The molecule has 1 rings (SSSR count). The van der Waals surface area contributed by atoms with Crippen LogP contribution in [0, 0.1) is 0 Å². The predicted molar refractivity (Wildman–Crippen MR) is 68.6 cm³/mol. The number of hydrogen-bond acceptors (Lipinski definition) is 4. The van der Waals surface area contributed by atoms with Gasteiger partial charge in [-0.2, -0.15) is 0 Å². The molecule has 0 atom stereocenters. The minimum absolute atomic E-state index is 0.0304. The smallest absolute Gasteiger partial charge is 0.252 e. The maximum Gasteiger partial charge on any atom is 0.252 e. The molecule has 0 bridgehead atoms. The monoisotopic (exact) mass is 291 g/mol. The third-order valence-electron chi connectivity index (χ3n) is 2.23. The van der Waals surface area contributed by atoms with Crippen LogP contribution in [0.4, 0.5) is 0 Å². The first kappa shape index (κ1) is 14.9. The zero-order valence-electron chi connectivity index (χ0n) is 9.81. The van der Waals surface area contributed by atoms with Gasteiger partial charge in [0.25, 0.3) is 5.91 Å². The Morgan fingerprint density at radius 1 is 1.44 bits per heavy atom. The Kier molecular flexibility index (Phi) is 5.13. The van der Waals surface area contributed by atoms with Crippen LogP contribution in [0.3, 0.4) is 0 Å². The molecule has 1 aromatic carbocycles. The molecule has 2 N–H and O–H groups in total. The van der Waals surface area contributed by atoms with Gasteiger partial charge in [-0.05, 0) is 24.6 Å². The molecule has 5 nitrogen and oxygen atoms in total. The molecule has 1 amide bonds. The van der Waals surface area contributed by atoms with Crippen LogP contribution in [0.15, 0.2) is 23.1 Å². The summed E-state index contributed by atoms with van der Waals surface area (Å²) in [6.07, 6.45) is 1.48. The summed E-state index contributed by atoms with van der Waals surface area (Å²) >= 11 is 5.85. The zero-order chi connectivity index (χ0) is 13.8. The maximum atomic E-state index is 11.7. The van der Waals surface area contributed by atoms with Crippen molar-refractivity contribution in [3.63, 3.8) is 0 Å². The molecule has 0 unspecified atom stereocenters. The number of benzene rings is 1. The van der Waals surface area contributed by atoms with Crippen molar-refractivity contribution in [1.82, 2.24) is 5.32 Å². The van der Waals surface area contributed by atoms with Gasteiger partial charge in [0, 0.05) is 19.4 Å². The van der Waals surface area contributed by atoms with Gasteiger partial charge in [0.15, 0.2) is 9.84 Å². The topological polar surface area (TPSA) is 83.5 Å². The Bertz CT molecular complexity index is 542. The van der Waals surface area contributed by atoms with Gasteiger partial charge in [-0.1, -0.05) is 11.6 Å². The molecule has 0 radical (unpaired) electrons. The number of rotatable bonds is 5. The summed E-state index contributed by atoms with van der Waals surface area (Å²) < 4.78 is 22.7. The lowest BCUT2D eigenvalue weighted by Crippen LogP contribution is -2.25. The fraction of sp³-hybridized carbons (Fsp3) is 0.364. The number of amides is 1. The highest BCUT2D eigenvalue weighted by Crippen LogP contribution is 2.20. The van der Waals surface area contributed by atoms with Gasteiger partial charge in [0.05, 0.1) is 15.5 Å². The van der Waals surface area contributed by atoms with Gasteiger partial charge < -0.3 is 10.4 Å². The Morgan fingerprint density at radius 2 is 2.11 bits per heavy atom. The molecular formula is C11H14ClNO4S. The van der Waals surface area contributed by atoms with E-state index in [1.807, 2.05) is 0 Å². The Balaban J connectivity index is 2.97. The first-order chi connectivity index (χ1) is 8.36. The largest absolute Gasteiger partial charge is 0.396 e. The van der Waals surface area contributed by atoms with Crippen molar-refractivity contribution < 1.29 is 18.3 Å². The van der Waals surface area contributed by atoms with E-state index in [0.29, 0.717) is 13.0 Å². The lowest BCUT2D eigenvalue weighted by Gasteiger charge is -2.07. The van der Waals surface area contributed by atoms with Crippen molar-refractivity contribution in [3.05, 3.63) is 28.8 Å². The quantitative estimate of drug-likeness (QED) is 0.788. The summed E-state index contributed by atoms with van der Waals surface area (Å²) in [6, 6.07) is 3.97. The highest BCUT2D eigenvalue weighted by Gasteiger charge is 2.14. The number of aliphatic hydroxyl groups excluding tert-OH is 1. The average molecular weight is 292 g/mol. The van der Waals surface area contributed by atoms with Crippen molar-refractivity contribution in [2.24, 2.45) is 0 Å². The third-order valence-corrected chi connectivity index (χ3v) is 3.67. The molecule has 0 fully saturated rings. The number of sulfone groups is 1. The van der Waals surface area contributed by atoms with Gasteiger partial charge in [0.2, 0.25) is 0 Å². The van der Waals surface area contributed by atoms with E-state index in [4.69, 9.17) is 16.7 Å². The van der Waals surface area contributed by atoms with Crippen LogP contribution in [-0.4, -0.2) is 38.8 Å². The molecule has 0 heterocycles. The first-order valence-electron chi connectivity index (χ1n) is 5.25. The standard InChI is InChI=1S/C11H14ClNO4S/c1-18(16,17)8-3-4-10(12)9(7-8)11(15)13-5-2-6-14/h3-4,7,14H,2,5-6H2,1H3,(H,13,15). The molecule has 0 saturated carbocycles. The number of hydrogen-bond donors (Lipinski definition) is 2. The molecule has 100 valence electrons. The van der Waals surface area contributed by atoms with E-state index in [1.54, 1.807) is 0 Å². The second kappa shape index (κ2) is 6.17. The molecule has 0 spiro atoms. The Hall–Kier alpha value is -1.11. The number of carbonyl (C=O) groups is 1. The van der Waals surface area contributed by atoms with Crippen LogP contribution in [0.5, 0.6) is 0 Å². The van der Waals surface area contributed by atoms with E-state index >= 15 is 0 Å². The fourth-order valence-corrected chi connectivity index (χ4v) is 2.14. The van der Waals surface area contributed by atoms with E-state index in [1.165, 1.54) is 18.2 Å². The van der Waals surface area contributed by atoms with Crippen molar-refractivity contribution in [1.29, 1.82) is 0 Å². The SMILES string of the molecule is CS(=O)(=O)c1ccc(Cl)c(C(=O)NCCCO)c1. The van der Waals surface area contributed by atoms with E-state index < -0.39 is 15.7 Å². The van der Waals surface area contributed by atoms with Crippen molar-refractivity contribution in [2.75, 3.05) is 19.4 Å². The summed E-state index contributed by atoms with van der Waals surface area (Å²) in [5.41, 5.74) is 0.109. The van der Waals surface area contributed by atoms with Gasteiger partial charge in [-0.25, -0.2) is 8.42 Å². The summed E-state index contributed by atoms with van der Waals surface area (Å²) in [6.45, 7) is 0.270. The minimum atomic E-state index is -3.38. The highest BCUT2D eigenvalue weighted by atomic mass is 35.5. The molecule has 0 aliphatic carbocycles. The molecule has 18 heavy (non-hydrogen) atoms. The third kappa shape index (κ3) is 3.97. The summed E-state index contributed by atoms with van der Waals surface area (Å²) in [4.78, 5) is 11.8. The second-order valence-corrected chi connectivity index (χ2v) is 6.17. The molecule has 1 aromatic rings. The molecule has 0 aliphatic rings. The Morgan fingerprint density at radius 3 is 2.67 bits per heavy atom. The molecule has 0 aliphatic heterocycles. The van der Waals surface area contributed by atoms with Crippen molar-refractivity contribution >= 4 is 27.3 Å². The number of carbonyl (C=O) groups excluding carboxylic acids is 1. The highest BCUT2D eigenvalue weighted by molar-refractivity contribution is 7.90. The number of aliphatic hydroxyl groups is 1. The number of halogens is 1. The van der Waals surface area contributed by atoms with E-state index in [0.717, 1.165) is 6.26 Å². The van der Waals surface area contributed by atoms with Crippen LogP contribution >= 0.6 is 11.6 Å². The minimum Gasteiger partial charge on any atom is -0.396 e. The van der Waals surface area contributed by atoms with Crippen LogP contribution < -0.4 is 5.32 Å². The normalized spacial score (nSPS) is 11.3. The van der Waals surface area contributed by atoms with Crippen LogP contribution in [0.2, 0.25) is 5.02 Å². The van der Waals surface area contributed by atoms with E-state index in [-0.39, 0.29) is 22.1 Å². The van der Waals surface area contributed by atoms with Crippen molar-refractivity contribution in [3.8, 4) is 0 Å². The lowest BCUT2D eigenvalue weighted by molar-refractivity contribution is 0.0951. The first-order valence-corrected chi connectivity index (χ1v) is 7.52. The van der Waals surface area contributed by atoms with E-state index in [9.17, 15) is 13.2 Å². The molecule has 0 saturated heterocycles. The van der Waals surface area contributed by atoms with Crippen LogP contribution in [-0.2, 0) is 9.84 Å². The number of nitrogens with one attached hydrogen (secondary N) is 1. The summed E-state index contributed by atoms with van der Waals surface area (Å²) in [5, 5.41) is 11.3. The van der Waals surface area contributed by atoms with Gasteiger partial charge >= 0.3 is 0 Å². The maximum absolute atomic E-state index is 11.7. The van der Waals surface area contributed by atoms with Crippen LogP contribution in [0.1, 0.15) is 16.8 Å². The molecule has 7 heteroatoms. The zero-order valence-corrected chi connectivity index (χ0v) is 11.4. The molecule has 0 aromatic heterocycles. The summed E-state index contributed by atoms with van der Waals surface area (Å²) in [5.74, 6) is -0.459. The van der Waals surface area contributed by atoms with Crippen molar-refractivity contribution in [2.45, 2.75) is 11.3 Å². The second-order valence-electron chi connectivity index (χ2n) is 3.75. The summed E-state index contributed by atoms with van der Waals surface area (Å²) in [7, 11) is -3.38. The average Bonchev–Trinajstić information content (AvgIpc) is 2.28. The van der Waals surface area contributed by atoms with Crippen LogP contribution in [0.25, 0.3) is 0 Å². The van der Waals surface area contributed by atoms with Gasteiger partial charge in [-0.15, -0.1) is 0 Å². The van der Waals surface area contributed by atoms with Gasteiger partial charge in [-0.3, -0.25) is 4.79 Å².